The SMILES string of the molecule is C#CC(=O)N1CCOCC1C(=O)Cc1cccc(CNc2nc(NC3CCOCC3)nc3c(C(C)C)cnn23)c1. The van der Waals surface area contributed by atoms with Gasteiger partial charge in [0.05, 0.1) is 19.4 Å². The van der Waals surface area contributed by atoms with E-state index in [9.17, 15) is 9.59 Å². The molecule has 3 aromatic rings. The normalized spacial score (nSPS) is 18.1. The van der Waals surface area contributed by atoms with Gasteiger partial charge in [0.1, 0.15) is 6.04 Å². The minimum atomic E-state index is -0.676. The van der Waals surface area contributed by atoms with Gasteiger partial charge in [-0.1, -0.05) is 38.1 Å². The van der Waals surface area contributed by atoms with Crippen molar-refractivity contribution in [3.63, 3.8) is 0 Å². The van der Waals surface area contributed by atoms with Gasteiger partial charge in [0.2, 0.25) is 11.9 Å². The zero-order valence-corrected chi connectivity index (χ0v) is 22.9. The van der Waals surface area contributed by atoms with Crippen LogP contribution in [0, 0.1) is 12.3 Å². The molecule has 1 amide bonds. The summed E-state index contributed by atoms with van der Waals surface area (Å²) in [6.45, 7) is 6.99. The molecule has 2 saturated heterocycles. The smallest absolute Gasteiger partial charge is 0.298 e. The lowest BCUT2D eigenvalue weighted by atomic mass is 10.0. The number of Topliss-reactive ketones (excluding diaryl/α,β-unsaturated/α-hetero) is 1. The lowest BCUT2D eigenvalue weighted by molar-refractivity contribution is -0.143. The van der Waals surface area contributed by atoms with Crippen molar-refractivity contribution in [3.05, 3.63) is 47.2 Å². The second-order valence-corrected chi connectivity index (χ2v) is 10.4. The summed E-state index contributed by atoms with van der Waals surface area (Å²) in [6.07, 6.45) is 9.12. The molecule has 2 aliphatic heterocycles. The number of nitrogens with one attached hydrogen (secondary N) is 2. The lowest BCUT2D eigenvalue weighted by Crippen LogP contribution is -2.52. The third-order valence-electron chi connectivity index (χ3n) is 7.28. The predicted molar refractivity (Wildman–Crippen MR) is 150 cm³/mol. The van der Waals surface area contributed by atoms with E-state index < -0.39 is 11.9 Å². The van der Waals surface area contributed by atoms with Crippen molar-refractivity contribution < 1.29 is 19.1 Å². The maximum atomic E-state index is 13.1. The van der Waals surface area contributed by atoms with Crippen LogP contribution < -0.4 is 10.6 Å². The Morgan fingerprint density at radius 1 is 1.15 bits per heavy atom. The highest BCUT2D eigenvalue weighted by Gasteiger charge is 2.32. The fourth-order valence-corrected chi connectivity index (χ4v) is 5.05. The van der Waals surface area contributed by atoms with E-state index in [0.29, 0.717) is 31.6 Å². The van der Waals surface area contributed by atoms with Gasteiger partial charge >= 0.3 is 0 Å². The molecule has 0 bridgehead atoms. The van der Waals surface area contributed by atoms with Crippen molar-refractivity contribution in [1.29, 1.82) is 0 Å². The fourth-order valence-electron chi connectivity index (χ4n) is 5.05. The minimum Gasteiger partial charge on any atom is -0.381 e. The van der Waals surface area contributed by atoms with E-state index >= 15 is 0 Å². The van der Waals surface area contributed by atoms with Gasteiger partial charge in [-0.3, -0.25) is 9.59 Å². The van der Waals surface area contributed by atoms with Gasteiger partial charge in [0.25, 0.3) is 5.91 Å². The quantitative estimate of drug-likeness (QED) is 0.390. The number of ether oxygens (including phenoxy) is 2. The number of benzene rings is 1. The molecule has 40 heavy (non-hydrogen) atoms. The van der Waals surface area contributed by atoms with E-state index in [2.05, 4.69) is 35.5 Å². The Morgan fingerprint density at radius 2 is 1.95 bits per heavy atom. The van der Waals surface area contributed by atoms with Crippen LogP contribution in [0.3, 0.4) is 0 Å². The summed E-state index contributed by atoms with van der Waals surface area (Å²) >= 11 is 0. The van der Waals surface area contributed by atoms with Gasteiger partial charge in [0, 0.05) is 44.3 Å². The summed E-state index contributed by atoms with van der Waals surface area (Å²) in [4.78, 5) is 36.2. The first-order valence-electron chi connectivity index (χ1n) is 13.7. The summed E-state index contributed by atoms with van der Waals surface area (Å²) in [6, 6.07) is 7.36. The first-order valence-corrected chi connectivity index (χ1v) is 13.7. The van der Waals surface area contributed by atoms with E-state index in [1.54, 1.807) is 4.52 Å². The zero-order chi connectivity index (χ0) is 28.1. The average molecular weight is 546 g/mol. The maximum absolute atomic E-state index is 13.1. The minimum absolute atomic E-state index is 0.104. The number of carbonyl (C=O) groups is 2. The van der Waals surface area contributed by atoms with Crippen molar-refractivity contribution in [2.45, 2.75) is 57.7 Å². The van der Waals surface area contributed by atoms with Gasteiger partial charge in [-0.25, -0.2) is 0 Å². The molecular weight excluding hydrogens is 510 g/mol. The molecule has 0 spiro atoms. The van der Waals surface area contributed by atoms with Gasteiger partial charge in [0.15, 0.2) is 11.4 Å². The average Bonchev–Trinajstić information content (AvgIpc) is 3.41. The molecule has 1 atom stereocenters. The number of aromatic nitrogens is 4. The fraction of sp³-hybridized carbons (Fsp3) is 0.483. The number of hydrogen-bond acceptors (Lipinski definition) is 9. The number of fused-ring (bicyclic) bond motifs is 1. The van der Waals surface area contributed by atoms with E-state index in [1.807, 2.05) is 30.5 Å². The molecule has 2 aliphatic rings. The molecular formula is C29H35N7O4. The molecule has 0 aliphatic carbocycles. The second kappa shape index (κ2) is 12.4. The number of carbonyl (C=O) groups excluding carboxylic acids is 2. The summed E-state index contributed by atoms with van der Waals surface area (Å²) in [5.74, 6) is 2.92. The predicted octanol–water partition coefficient (Wildman–Crippen LogP) is 2.42. The number of amides is 1. The van der Waals surface area contributed by atoms with Crippen LogP contribution >= 0.6 is 0 Å². The van der Waals surface area contributed by atoms with E-state index in [1.165, 1.54) is 4.90 Å². The van der Waals surface area contributed by atoms with Crippen LogP contribution in [0.4, 0.5) is 11.9 Å². The molecule has 0 radical (unpaired) electrons. The molecule has 1 unspecified atom stereocenters. The molecule has 2 aromatic heterocycles. The standard InChI is InChI=1S/C29H35N7O4/c1-4-26(38)35-10-13-40-18-24(35)25(37)15-20-6-5-7-21(14-20)16-30-29-34-28(32-22-8-11-39-12-9-22)33-27-23(19(2)3)17-31-36(27)29/h1,5-7,14,17,19,22,24H,8-13,15-16,18H2,2-3H3,(H2,30,32,33,34). The molecule has 11 heteroatoms. The molecule has 2 fully saturated rings. The molecule has 11 nitrogen and oxygen atoms in total. The first kappa shape index (κ1) is 27.6. The highest BCUT2D eigenvalue weighted by molar-refractivity contribution is 5.97. The lowest BCUT2D eigenvalue weighted by Gasteiger charge is -2.33. The number of nitrogens with zero attached hydrogens (tertiary/aromatic N) is 5. The Balaban J connectivity index is 1.31. The Hall–Kier alpha value is -4.01. The molecule has 210 valence electrons. The summed E-state index contributed by atoms with van der Waals surface area (Å²) in [5.41, 5.74) is 3.63. The van der Waals surface area contributed by atoms with E-state index in [-0.39, 0.29) is 30.8 Å². The highest BCUT2D eigenvalue weighted by atomic mass is 16.5. The van der Waals surface area contributed by atoms with E-state index in [4.69, 9.17) is 25.9 Å². The number of hydrogen-bond donors (Lipinski definition) is 2. The monoisotopic (exact) mass is 545 g/mol. The van der Waals surface area contributed by atoms with E-state index in [0.717, 1.165) is 48.4 Å². The summed E-state index contributed by atoms with van der Waals surface area (Å²) < 4.78 is 12.7. The first-order chi connectivity index (χ1) is 19.4. The Morgan fingerprint density at radius 3 is 2.73 bits per heavy atom. The third-order valence-corrected chi connectivity index (χ3v) is 7.28. The molecule has 0 saturated carbocycles. The summed E-state index contributed by atoms with van der Waals surface area (Å²) in [5, 5.41) is 11.4. The van der Waals surface area contributed by atoms with Crippen molar-refractivity contribution >= 4 is 29.2 Å². The number of morpholine rings is 1. The zero-order valence-electron chi connectivity index (χ0n) is 22.9. The van der Waals surface area contributed by atoms with Crippen LogP contribution in [-0.4, -0.2) is 81.2 Å². The van der Waals surface area contributed by atoms with Crippen molar-refractivity contribution in [2.24, 2.45) is 0 Å². The Bertz CT molecular complexity index is 1410. The van der Waals surface area contributed by atoms with Crippen LogP contribution in [0.25, 0.3) is 5.65 Å². The van der Waals surface area contributed by atoms with Crippen molar-refractivity contribution in [2.75, 3.05) is 43.6 Å². The summed E-state index contributed by atoms with van der Waals surface area (Å²) in [7, 11) is 0. The molecule has 4 heterocycles. The van der Waals surface area contributed by atoms with Gasteiger partial charge < -0.3 is 25.0 Å². The van der Waals surface area contributed by atoms with Crippen LogP contribution in [0.2, 0.25) is 0 Å². The van der Waals surface area contributed by atoms with Gasteiger partial charge in [-0.05, 0) is 35.8 Å². The number of ketones is 1. The highest BCUT2D eigenvalue weighted by Crippen LogP contribution is 2.23. The van der Waals surface area contributed by atoms with Crippen molar-refractivity contribution in [1.82, 2.24) is 24.5 Å². The molecule has 5 rings (SSSR count). The van der Waals surface area contributed by atoms with Crippen LogP contribution in [-0.2, 0) is 32.0 Å². The third kappa shape index (κ3) is 6.24. The number of rotatable bonds is 9. The van der Waals surface area contributed by atoms with Crippen LogP contribution in [0.1, 0.15) is 49.3 Å². The second-order valence-electron chi connectivity index (χ2n) is 10.4. The van der Waals surface area contributed by atoms with Crippen LogP contribution in [0.5, 0.6) is 0 Å². The van der Waals surface area contributed by atoms with Gasteiger partial charge in [-0.15, -0.1) is 6.42 Å². The molecule has 1 aromatic carbocycles. The van der Waals surface area contributed by atoms with Crippen LogP contribution in [0.15, 0.2) is 30.5 Å². The number of terminal acetylenes is 1. The molecule has 2 N–H and O–H groups in total. The topological polar surface area (TPSA) is 123 Å². The Kier molecular flexibility index (Phi) is 8.57. The van der Waals surface area contributed by atoms with Crippen molar-refractivity contribution in [3.8, 4) is 12.3 Å². The Labute approximate surface area is 233 Å². The number of anilines is 2. The maximum Gasteiger partial charge on any atom is 0.298 e. The largest absolute Gasteiger partial charge is 0.381 e. The van der Waals surface area contributed by atoms with Gasteiger partial charge in [-0.2, -0.15) is 19.6 Å².